The van der Waals surface area contributed by atoms with Gasteiger partial charge in [-0.05, 0) is 18.9 Å². The van der Waals surface area contributed by atoms with E-state index in [0.717, 1.165) is 12.0 Å². The van der Waals surface area contributed by atoms with Crippen LogP contribution in [-0.4, -0.2) is 0 Å². The van der Waals surface area contributed by atoms with Crippen molar-refractivity contribution < 1.29 is 0 Å². The average Bonchev–Trinajstić information content (AvgIpc) is 2.20. The molecule has 1 rings (SSSR count). The molecule has 0 bridgehead atoms. The minimum absolute atomic E-state index is 0.925. The Balaban J connectivity index is 2.50. The topological polar surface area (TPSA) is 0 Å². The Kier molecular flexibility index (Phi) is 4.49. The molecule has 0 aliphatic carbocycles. The quantitative estimate of drug-likeness (QED) is 0.622. The summed E-state index contributed by atoms with van der Waals surface area (Å²) in [5, 5.41) is 0. The van der Waals surface area contributed by atoms with E-state index in [1.807, 2.05) is 37.3 Å². The molecule has 0 radical (unpaired) electrons. The lowest BCUT2D eigenvalue weighted by molar-refractivity contribution is 1.21. The Morgan fingerprint density at radius 3 is 2.57 bits per heavy atom. The average molecular weight is 184 g/mol. The SMILES string of the molecule is C=C(/C=C\C=C/C)Cc1ccccc1. The first-order valence-electron chi connectivity index (χ1n) is 4.84. The van der Waals surface area contributed by atoms with Gasteiger partial charge in [0.15, 0.2) is 0 Å². The van der Waals surface area contributed by atoms with Gasteiger partial charge < -0.3 is 0 Å². The molecule has 0 aliphatic heterocycles. The molecule has 72 valence electrons. The Morgan fingerprint density at radius 2 is 1.93 bits per heavy atom. The van der Waals surface area contributed by atoms with Crippen molar-refractivity contribution in [2.75, 3.05) is 0 Å². The molecule has 0 fully saturated rings. The van der Waals surface area contributed by atoms with Gasteiger partial charge in [0.1, 0.15) is 0 Å². The fourth-order valence-corrected chi connectivity index (χ4v) is 1.22. The molecule has 14 heavy (non-hydrogen) atoms. The summed E-state index contributed by atoms with van der Waals surface area (Å²) in [5.74, 6) is 0. The summed E-state index contributed by atoms with van der Waals surface area (Å²) >= 11 is 0. The maximum atomic E-state index is 4.00. The van der Waals surface area contributed by atoms with E-state index >= 15 is 0 Å². The van der Waals surface area contributed by atoms with Crippen molar-refractivity contribution in [3.05, 3.63) is 72.4 Å². The van der Waals surface area contributed by atoms with Gasteiger partial charge in [0.05, 0.1) is 0 Å². The van der Waals surface area contributed by atoms with Crippen molar-refractivity contribution in [1.29, 1.82) is 0 Å². The van der Waals surface area contributed by atoms with Gasteiger partial charge in [-0.1, -0.05) is 66.8 Å². The Morgan fingerprint density at radius 1 is 1.21 bits per heavy atom. The molecule has 0 saturated carbocycles. The van der Waals surface area contributed by atoms with Gasteiger partial charge in [-0.3, -0.25) is 0 Å². The van der Waals surface area contributed by atoms with Crippen molar-refractivity contribution in [3.63, 3.8) is 0 Å². The predicted molar refractivity (Wildman–Crippen MR) is 63.2 cm³/mol. The number of allylic oxidation sites excluding steroid dienone is 5. The van der Waals surface area contributed by atoms with Crippen LogP contribution in [0.1, 0.15) is 12.5 Å². The lowest BCUT2D eigenvalue weighted by atomic mass is 10.1. The summed E-state index contributed by atoms with van der Waals surface area (Å²) in [7, 11) is 0. The lowest BCUT2D eigenvalue weighted by Crippen LogP contribution is -1.84. The second-order valence-corrected chi connectivity index (χ2v) is 3.21. The largest absolute Gasteiger partial charge is 0.0955 e. The predicted octanol–water partition coefficient (Wildman–Crippen LogP) is 3.92. The van der Waals surface area contributed by atoms with Crippen LogP contribution >= 0.6 is 0 Å². The molecule has 0 atom stereocenters. The Bertz CT molecular complexity index is 328. The van der Waals surface area contributed by atoms with Gasteiger partial charge in [0.2, 0.25) is 0 Å². The van der Waals surface area contributed by atoms with Crippen LogP contribution in [0.5, 0.6) is 0 Å². The first-order chi connectivity index (χ1) is 6.83. The highest BCUT2D eigenvalue weighted by molar-refractivity contribution is 5.27. The van der Waals surface area contributed by atoms with Crippen LogP contribution in [0.25, 0.3) is 0 Å². The van der Waals surface area contributed by atoms with Crippen LogP contribution in [-0.2, 0) is 6.42 Å². The highest BCUT2D eigenvalue weighted by Gasteiger charge is 1.91. The highest BCUT2D eigenvalue weighted by atomic mass is 14.0. The van der Waals surface area contributed by atoms with Gasteiger partial charge in [0.25, 0.3) is 0 Å². The van der Waals surface area contributed by atoms with Crippen molar-refractivity contribution in [1.82, 2.24) is 0 Å². The second kappa shape index (κ2) is 5.98. The third-order valence-electron chi connectivity index (χ3n) is 1.91. The van der Waals surface area contributed by atoms with Gasteiger partial charge in [-0.25, -0.2) is 0 Å². The standard InChI is InChI=1S/C14H16/c1-3-4-6-9-13(2)12-14-10-7-5-8-11-14/h3-11H,2,12H2,1H3/b4-3-,9-6-. The van der Waals surface area contributed by atoms with Crippen LogP contribution in [0.3, 0.4) is 0 Å². The molecular formula is C14H16. The molecule has 0 aliphatic rings. The zero-order chi connectivity index (χ0) is 10.2. The van der Waals surface area contributed by atoms with Crippen LogP contribution in [0.4, 0.5) is 0 Å². The summed E-state index contributed by atoms with van der Waals surface area (Å²) in [5.41, 5.74) is 2.44. The monoisotopic (exact) mass is 184 g/mol. The number of hydrogen-bond donors (Lipinski definition) is 0. The molecule has 0 nitrogen and oxygen atoms in total. The number of hydrogen-bond acceptors (Lipinski definition) is 0. The smallest absolute Gasteiger partial charge is 0.00316 e. The molecule has 0 amide bonds. The van der Waals surface area contributed by atoms with Gasteiger partial charge in [-0.2, -0.15) is 0 Å². The fourth-order valence-electron chi connectivity index (χ4n) is 1.22. The van der Waals surface area contributed by atoms with Gasteiger partial charge in [-0.15, -0.1) is 0 Å². The zero-order valence-corrected chi connectivity index (χ0v) is 8.61. The van der Waals surface area contributed by atoms with E-state index < -0.39 is 0 Å². The molecule has 1 aromatic carbocycles. The second-order valence-electron chi connectivity index (χ2n) is 3.21. The van der Waals surface area contributed by atoms with Crippen molar-refractivity contribution >= 4 is 0 Å². The molecule has 1 aromatic rings. The highest BCUT2D eigenvalue weighted by Crippen LogP contribution is 2.06. The first kappa shape index (κ1) is 10.5. The van der Waals surface area contributed by atoms with E-state index in [9.17, 15) is 0 Å². The maximum Gasteiger partial charge on any atom is -0.00316 e. The summed E-state index contributed by atoms with van der Waals surface area (Å²) in [6.45, 7) is 6.01. The Hall–Kier alpha value is -1.56. The van der Waals surface area contributed by atoms with Crippen LogP contribution in [0.2, 0.25) is 0 Å². The van der Waals surface area contributed by atoms with Gasteiger partial charge >= 0.3 is 0 Å². The fraction of sp³-hybridized carbons (Fsp3) is 0.143. The Labute approximate surface area is 86.3 Å². The van der Waals surface area contributed by atoms with E-state index in [1.54, 1.807) is 0 Å². The molecule has 0 unspecified atom stereocenters. The third-order valence-corrected chi connectivity index (χ3v) is 1.91. The van der Waals surface area contributed by atoms with E-state index in [1.165, 1.54) is 5.56 Å². The van der Waals surface area contributed by atoms with E-state index in [-0.39, 0.29) is 0 Å². The van der Waals surface area contributed by atoms with E-state index in [4.69, 9.17) is 0 Å². The van der Waals surface area contributed by atoms with E-state index in [0.29, 0.717) is 0 Å². The molecule has 0 heteroatoms. The normalized spacial score (nSPS) is 11.2. The molecule has 0 saturated heterocycles. The summed E-state index contributed by atoms with van der Waals surface area (Å²) < 4.78 is 0. The lowest BCUT2D eigenvalue weighted by Gasteiger charge is -1.99. The van der Waals surface area contributed by atoms with Crippen molar-refractivity contribution in [2.45, 2.75) is 13.3 Å². The third kappa shape index (κ3) is 3.90. The summed E-state index contributed by atoms with van der Waals surface area (Å²) in [6.07, 6.45) is 9.01. The van der Waals surface area contributed by atoms with Crippen LogP contribution < -0.4 is 0 Å². The molecule has 0 aromatic heterocycles. The van der Waals surface area contributed by atoms with Gasteiger partial charge in [0, 0.05) is 0 Å². The minimum atomic E-state index is 0.925. The molecule has 0 heterocycles. The molecule has 0 N–H and O–H groups in total. The minimum Gasteiger partial charge on any atom is -0.0955 e. The molecule has 0 spiro atoms. The number of rotatable bonds is 4. The first-order valence-corrected chi connectivity index (χ1v) is 4.84. The van der Waals surface area contributed by atoms with Crippen LogP contribution in [0, 0.1) is 0 Å². The van der Waals surface area contributed by atoms with E-state index in [2.05, 4.69) is 30.8 Å². The summed E-state index contributed by atoms with van der Waals surface area (Å²) in [4.78, 5) is 0. The van der Waals surface area contributed by atoms with Crippen molar-refractivity contribution in [3.8, 4) is 0 Å². The molecular weight excluding hydrogens is 168 g/mol. The number of benzene rings is 1. The summed E-state index contributed by atoms with van der Waals surface area (Å²) in [6, 6.07) is 10.4. The van der Waals surface area contributed by atoms with Crippen molar-refractivity contribution in [2.24, 2.45) is 0 Å². The zero-order valence-electron chi connectivity index (χ0n) is 8.61. The maximum absolute atomic E-state index is 4.00. The van der Waals surface area contributed by atoms with Crippen LogP contribution in [0.15, 0.2) is 66.8 Å².